The van der Waals surface area contributed by atoms with Gasteiger partial charge in [-0.1, -0.05) is 36.4 Å². The summed E-state index contributed by atoms with van der Waals surface area (Å²) < 4.78 is 5.59. The van der Waals surface area contributed by atoms with Gasteiger partial charge in [0.2, 0.25) is 5.89 Å². The number of hydrogen-bond acceptors (Lipinski definition) is 3. The molecule has 1 heterocycles. The molecule has 0 unspecified atom stereocenters. The van der Waals surface area contributed by atoms with Gasteiger partial charge in [-0.25, -0.2) is 4.98 Å². The van der Waals surface area contributed by atoms with Crippen molar-refractivity contribution in [2.45, 2.75) is 6.92 Å². The number of amides is 1. The minimum absolute atomic E-state index is 0.273. The highest BCUT2D eigenvalue weighted by Gasteiger charge is 2.17. The molecular formula is C17H14N2O2. The van der Waals surface area contributed by atoms with E-state index < -0.39 is 0 Å². The Bertz CT molecular complexity index is 749. The standard InChI is InChI=1S/C17H14N2O2/c1-12-15(16(20)18-14-10-6-3-7-11-14)19-17(21-12)13-8-4-2-5-9-13/h2-11H,1H3,(H,18,20). The first-order chi connectivity index (χ1) is 10.2. The molecule has 0 fully saturated rings. The van der Waals surface area contributed by atoms with Gasteiger partial charge in [-0.2, -0.15) is 0 Å². The number of hydrogen-bond donors (Lipinski definition) is 1. The summed E-state index contributed by atoms with van der Waals surface area (Å²) in [6, 6.07) is 18.8. The average molecular weight is 278 g/mol. The van der Waals surface area contributed by atoms with E-state index in [2.05, 4.69) is 10.3 Å². The number of para-hydroxylation sites is 1. The fraction of sp³-hybridized carbons (Fsp3) is 0.0588. The Kier molecular flexibility index (Phi) is 3.51. The molecule has 0 aliphatic rings. The van der Waals surface area contributed by atoms with Crippen LogP contribution in [0.25, 0.3) is 11.5 Å². The Labute approximate surface area is 122 Å². The van der Waals surface area contributed by atoms with Crippen LogP contribution in [0.4, 0.5) is 5.69 Å². The number of carbonyl (C=O) groups is 1. The summed E-state index contributed by atoms with van der Waals surface area (Å²) in [6.45, 7) is 1.74. The van der Waals surface area contributed by atoms with Crippen molar-refractivity contribution in [1.82, 2.24) is 4.98 Å². The third-order valence-corrected chi connectivity index (χ3v) is 3.06. The average Bonchev–Trinajstić information content (AvgIpc) is 2.91. The molecular weight excluding hydrogens is 264 g/mol. The minimum atomic E-state index is -0.273. The molecule has 3 aromatic rings. The smallest absolute Gasteiger partial charge is 0.277 e. The molecule has 1 amide bonds. The molecule has 0 radical (unpaired) electrons. The van der Waals surface area contributed by atoms with Crippen LogP contribution in [0.3, 0.4) is 0 Å². The summed E-state index contributed by atoms with van der Waals surface area (Å²) in [7, 11) is 0. The van der Waals surface area contributed by atoms with Crippen molar-refractivity contribution in [2.75, 3.05) is 5.32 Å². The van der Waals surface area contributed by atoms with Crippen LogP contribution in [0.2, 0.25) is 0 Å². The molecule has 2 aromatic carbocycles. The lowest BCUT2D eigenvalue weighted by Crippen LogP contribution is -2.13. The highest BCUT2D eigenvalue weighted by molar-refractivity contribution is 6.03. The molecule has 4 nitrogen and oxygen atoms in total. The van der Waals surface area contributed by atoms with E-state index in [-0.39, 0.29) is 5.91 Å². The van der Waals surface area contributed by atoms with Crippen LogP contribution in [0.15, 0.2) is 65.1 Å². The molecule has 104 valence electrons. The second-order valence-corrected chi connectivity index (χ2v) is 4.61. The van der Waals surface area contributed by atoms with Crippen LogP contribution < -0.4 is 5.32 Å². The van der Waals surface area contributed by atoms with Gasteiger partial charge in [0.25, 0.3) is 5.91 Å². The molecule has 1 N–H and O–H groups in total. The van der Waals surface area contributed by atoms with E-state index in [1.54, 1.807) is 6.92 Å². The summed E-state index contributed by atoms with van der Waals surface area (Å²) in [6.07, 6.45) is 0. The zero-order valence-corrected chi connectivity index (χ0v) is 11.5. The lowest BCUT2D eigenvalue weighted by Gasteiger charge is -2.02. The first kappa shape index (κ1) is 13.1. The van der Waals surface area contributed by atoms with Crippen LogP contribution in [0.5, 0.6) is 0 Å². The Morgan fingerprint density at radius 1 is 1.00 bits per heavy atom. The van der Waals surface area contributed by atoms with Gasteiger partial charge in [0.15, 0.2) is 5.69 Å². The zero-order valence-electron chi connectivity index (χ0n) is 11.5. The van der Waals surface area contributed by atoms with Crippen molar-refractivity contribution in [3.8, 4) is 11.5 Å². The largest absolute Gasteiger partial charge is 0.441 e. The maximum absolute atomic E-state index is 12.2. The van der Waals surface area contributed by atoms with Crippen molar-refractivity contribution in [3.05, 3.63) is 72.1 Å². The van der Waals surface area contributed by atoms with Crippen LogP contribution in [-0.2, 0) is 0 Å². The van der Waals surface area contributed by atoms with E-state index in [4.69, 9.17) is 4.42 Å². The molecule has 0 atom stereocenters. The van der Waals surface area contributed by atoms with Gasteiger partial charge in [0.1, 0.15) is 5.76 Å². The number of aryl methyl sites for hydroxylation is 1. The van der Waals surface area contributed by atoms with Gasteiger partial charge in [0, 0.05) is 11.3 Å². The molecule has 0 spiro atoms. The third-order valence-electron chi connectivity index (χ3n) is 3.06. The van der Waals surface area contributed by atoms with E-state index in [0.29, 0.717) is 17.3 Å². The molecule has 0 saturated heterocycles. The second-order valence-electron chi connectivity index (χ2n) is 4.61. The number of nitrogens with one attached hydrogen (secondary N) is 1. The molecule has 0 bridgehead atoms. The summed E-state index contributed by atoms with van der Waals surface area (Å²) in [5.41, 5.74) is 1.88. The number of rotatable bonds is 3. The Morgan fingerprint density at radius 2 is 1.62 bits per heavy atom. The lowest BCUT2D eigenvalue weighted by molar-refractivity contribution is 0.102. The normalized spacial score (nSPS) is 10.3. The maximum atomic E-state index is 12.2. The third kappa shape index (κ3) is 2.84. The topological polar surface area (TPSA) is 55.1 Å². The predicted molar refractivity (Wildman–Crippen MR) is 81.1 cm³/mol. The van der Waals surface area contributed by atoms with Gasteiger partial charge in [-0.3, -0.25) is 4.79 Å². The first-order valence-electron chi connectivity index (χ1n) is 6.63. The van der Waals surface area contributed by atoms with Crippen molar-refractivity contribution >= 4 is 11.6 Å². The summed E-state index contributed by atoms with van der Waals surface area (Å²) in [4.78, 5) is 16.5. The van der Waals surface area contributed by atoms with Crippen LogP contribution in [0.1, 0.15) is 16.2 Å². The number of nitrogens with zero attached hydrogens (tertiary/aromatic N) is 1. The first-order valence-corrected chi connectivity index (χ1v) is 6.63. The van der Waals surface area contributed by atoms with Gasteiger partial charge in [0.05, 0.1) is 0 Å². The molecule has 1 aromatic heterocycles. The zero-order chi connectivity index (χ0) is 14.7. The lowest BCUT2D eigenvalue weighted by atomic mass is 10.2. The molecule has 3 rings (SSSR count). The Hall–Kier alpha value is -2.88. The van der Waals surface area contributed by atoms with E-state index in [9.17, 15) is 4.79 Å². The minimum Gasteiger partial charge on any atom is -0.441 e. The Balaban J connectivity index is 1.86. The van der Waals surface area contributed by atoms with E-state index in [1.807, 2.05) is 60.7 Å². The number of benzene rings is 2. The van der Waals surface area contributed by atoms with E-state index in [1.165, 1.54) is 0 Å². The van der Waals surface area contributed by atoms with Gasteiger partial charge < -0.3 is 9.73 Å². The summed E-state index contributed by atoms with van der Waals surface area (Å²) >= 11 is 0. The molecule has 0 saturated carbocycles. The van der Waals surface area contributed by atoms with Gasteiger partial charge in [-0.15, -0.1) is 0 Å². The van der Waals surface area contributed by atoms with Gasteiger partial charge in [-0.05, 0) is 31.2 Å². The molecule has 0 aliphatic heterocycles. The van der Waals surface area contributed by atoms with Crippen LogP contribution >= 0.6 is 0 Å². The SMILES string of the molecule is Cc1oc(-c2ccccc2)nc1C(=O)Nc1ccccc1. The van der Waals surface area contributed by atoms with Crippen molar-refractivity contribution in [2.24, 2.45) is 0 Å². The van der Waals surface area contributed by atoms with Crippen molar-refractivity contribution in [1.29, 1.82) is 0 Å². The summed E-state index contributed by atoms with van der Waals surface area (Å²) in [5.74, 6) is 0.679. The molecule has 4 heteroatoms. The number of oxazole rings is 1. The van der Waals surface area contributed by atoms with Gasteiger partial charge >= 0.3 is 0 Å². The quantitative estimate of drug-likeness (QED) is 0.790. The highest BCUT2D eigenvalue weighted by Crippen LogP contribution is 2.22. The van der Waals surface area contributed by atoms with E-state index >= 15 is 0 Å². The number of anilines is 1. The highest BCUT2D eigenvalue weighted by atomic mass is 16.4. The molecule has 21 heavy (non-hydrogen) atoms. The second kappa shape index (κ2) is 5.63. The van der Waals surface area contributed by atoms with Crippen molar-refractivity contribution < 1.29 is 9.21 Å². The number of carbonyl (C=O) groups excluding carboxylic acids is 1. The number of aromatic nitrogens is 1. The predicted octanol–water partition coefficient (Wildman–Crippen LogP) is 3.90. The van der Waals surface area contributed by atoms with Crippen LogP contribution in [0, 0.1) is 6.92 Å². The molecule has 0 aliphatic carbocycles. The Morgan fingerprint density at radius 3 is 2.29 bits per heavy atom. The van der Waals surface area contributed by atoms with Crippen molar-refractivity contribution in [3.63, 3.8) is 0 Å². The fourth-order valence-corrected chi connectivity index (χ4v) is 2.02. The van der Waals surface area contributed by atoms with Crippen LogP contribution in [-0.4, -0.2) is 10.9 Å². The maximum Gasteiger partial charge on any atom is 0.277 e. The summed E-state index contributed by atoms with van der Waals surface area (Å²) in [5, 5.41) is 2.80. The van der Waals surface area contributed by atoms with E-state index in [0.717, 1.165) is 11.3 Å². The fourth-order valence-electron chi connectivity index (χ4n) is 2.02. The monoisotopic (exact) mass is 278 g/mol.